The number of hydrogen-bond acceptors (Lipinski definition) is 2. The summed E-state index contributed by atoms with van der Waals surface area (Å²) in [5.41, 5.74) is 1.19. The van der Waals surface area contributed by atoms with E-state index in [1.54, 1.807) is 0 Å². The number of thiocarbonyl (C=S) groups is 1. The summed E-state index contributed by atoms with van der Waals surface area (Å²) in [7, 11) is 2.01. The fraction of sp³-hybridized carbons (Fsp3) is 0.667. The molecular weight excluding hydrogens is 232 g/mol. The van der Waals surface area contributed by atoms with Gasteiger partial charge in [-0.15, -0.1) is 0 Å². The lowest BCUT2D eigenvalue weighted by Crippen LogP contribution is -2.37. The van der Waals surface area contributed by atoms with Crippen molar-refractivity contribution in [1.29, 1.82) is 0 Å². The van der Waals surface area contributed by atoms with Crippen LogP contribution in [-0.2, 0) is 13.1 Å². The monoisotopic (exact) mass is 254 g/mol. The van der Waals surface area contributed by atoms with Crippen LogP contribution in [0.4, 0.5) is 0 Å². The number of aromatic nitrogens is 2. The zero-order valence-electron chi connectivity index (χ0n) is 10.9. The average Bonchev–Trinajstić information content (AvgIpc) is 2.76. The molecule has 0 aliphatic heterocycles. The van der Waals surface area contributed by atoms with E-state index in [1.165, 1.54) is 12.1 Å². The molecule has 0 radical (unpaired) electrons. The van der Waals surface area contributed by atoms with Gasteiger partial charge in [-0.25, -0.2) is 0 Å². The standard InChI is InChI=1S/C12H22N4S/c1-4-6-8-13-12(17)15(3)10-11-7-9-14-16(11)5-2/h7,9H,4-6,8,10H2,1-3H3,(H,13,17). The highest BCUT2D eigenvalue weighted by atomic mass is 32.1. The van der Waals surface area contributed by atoms with Crippen molar-refractivity contribution in [1.82, 2.24) is 20.0 Å². The van der Waals surface area contributed by atoms with E-state index < -0.39 is 0 Å². The Morgan fingerprint density at radius 1 is 1.53 bits per heavy atom. The molecule has 0 aliphatic carbocycles. The fourth-order valence-electron chi connectivity index (χ4n) is 1.60. The normalized spacial score (nSPS) is 10.3. The molecule has 0 saturated carbocycles. The van der Waals surface area contributed by atoms with Gasteiger partial charge in [0.1, 0.15) is 0 Å². The maximum atomic E-state index is 5.33. The van der Waals surface area contributed by atoms with Crippen molar-refractivity contribution in [2.24, 2.45) is 0 Å². The smallest absolute Gasteiger partial charge is 0.169 e. The molecule has 1 rings (SSSR count). The molecule has 1 heterocycles. The molecule has 0 bridgehead atoms. The Morgan fingerprint density at radius 2 is 2.29 bits per heavy atom. The Balaban J connectivity index is 2.42. The maximum Gasteiger partial charge on any atom is 0.169 e. The molecule has 1 aromatic rings. The molecule has 0 saturated heterocycles. The van der Waals surface area contributed by atoms with Gasteiger partial charge < -0.3 is 10.2 Å². The predicted octanol–water partition coefficient (Wildman–Crippen LogP) is 2.01. The van der Waals surface area contributed by atoms with Gasteiger partial charge in [-0.1, -0.05) is 13.3 Å². The van der Waals surface area contributed by atoms with E-state index in [4.69, 9.17) is 12.2 Å². The van der Waals surface area contributed by atoms with Crippen LogP contribution >= 0.6 is 12.2 Å². The Kier molecular flexibility index (Phi) is 5.97. The molecule has 96 valence electrons. The summed E-state index contributed by atoms with van der Waals surface area (Å²) in [6, 6.07) is 2.04. The second-order valence-electron chi connectivity index (χ2n) is 4.08. The summed E-state index contributed by atoms with van der Waals surface area (Å²) in [6.07, 6.45) is 4.17. The van der Waals surface area contributed by atoms with Gasteiger partial charge in [0.05, 0.1) is 12.2 Å². The summed E-state index contributed by atoms with van der Waals surface area (Å²) >= 11 is 5.33. The molecule has 1 aromatic heterocycles. The van der Waals surface area contributed by atoms with E-state index in [2.05, 4.69) is 24.3 Å². The zero-order valence-corrected chi connectivity index (χ0v) is 11.8. The fourth-order valence-corrected chi connectivity index (χ4v) is 1.77. The molecule has 0 unspecified atom stereocenters. The third-order valence-electron chi connectivity index (χ3n) is 2.66. The summed E-state index contributed by atoms with van der Waals surface area (Å²) in [6.45, 7) is 6.91. The number of nitrogens with one attached hydrogen (secondary N) is 1. The molecule has 17 heavy (non-hydrogen) atoms. The highest BCUT2D eigenvalue weighted by molar-refractivity contribution is 7.80. The first-order chi connectivity index (χ1) is 8.19. The van der Waals surface area contributed by atoms with Gasteiger partial charge in [0.15, 0.2) is 5.11 Å². The summed E-state index contributed by atoms with van der Waals surface area (Å²) in [5.74, 6) is 0. The third kappa shape index (κ3) is 4.34. The Hall–Kier alpha value is -1.10. The Morgan fingerprint density at radius 3 is 2.94 bits per heavy atom. The lowest BCUT2D eigenvalue weighted by Gasteiger charge is -2.21. The average molecular weight is 254 g/mol. The number of unbranched alkanes of at least 4 members (excludes halogenated alkanes) is 1. The topological polar surface area (TPSA) is 33.1 Å². The van der Waals surface area contributed by atoms with Crippen LogP contribution in [0.1, 0.15) is 32.4 Å². The number of hydrogen-bond donors (Lipinski definition) is 1. The van der Waals surface area contributed by atoms with Crippen molar-refractivity contribution in [3.8, 4) is 0 Å². The van der Waals surface area contributed by atoms with Crippen LogP contribution in [0.2, 0.25) is 0 Å². The molecule has 5 heteroatoms. The van der Waals surface area contributed by atoms with Crippen molar-refractivity contribution in [3.63, 3.8) is 0 Å². The Labute approximate surface area is 109 Å². The maximum absolute atomic E-state index is 5.33. The SMILES string of the molecule is CCCCNC(=S)N(C)Cc1ccnn1CC. The molecule has 0 amide bonds. The molecule has 0 fully saturated rings. The first kappa shape index (κ1) is 14.0. The second-order valence-corrected chi connectivity index (χ2v) is 4.47. The van der Waals surface area contributed by atoms with E-state index in [1.807, 2.05) is 28.9 Å². The van der Waals surface area contributed by atoms with Crippen LogP contribution in [0.25, 0.3) is 0 Å². The quantitative estimate of drug-likeness (QED) is 0.622. The van der Waals surface area contributed by atoms with Crippen molar-refractivity contribution in [2.75, 3.05) is 13.6 Å². The molecule has 1 N–H and O–H groups in total. The van der Waals surface area contributed by atoms with Crippen LogP contribution in [0.15, 0.2) is 12.3 Å². The first-order valence-electron chi connectivity index (χ1n) is 6.18. The van der Waals surface area contributed by atoms with E-state index in [-0.39, 0.29) is 0 Å². The van der Waals surface area contributed by atoms with Gasteiger partial charge in [0.2, 0.25) is 0 Å². The minimum absolute atomic E-state index is 0.797. The molecule has 0 spiro atoms. The van der Waals surface area contributed by atoms with Gasteiger partial charge in [-0.3, -0.25) is 4.68 Å². The van der Waals surface area contributed by atoms with Crippen molar-refractivity contribution < 1.29 is 0 Å². The van der Waals surface area contributed by atoms with E-state index in [0.29, 0.717) is 0 Å². The molecular formula is C12H22N4S. The van der Waals surface area contributed by atoms with Crippen LogP contribution in [0, 0.1) is 0 Å². The largest absolute Gasteiger partial charge is 0.363 e. The zero-order chi connectivity index (χ0) is 12.7. The van der Waals surface area contributed by atoms with E-state index >= 15 is 0 Å². The lowest BCUT2D eigenvalue weighted by atomic mass is 10.3. The van der Waals surface area contributed by atoms with Gasteiger partial charge in [-0.05, 0) is 31.6 Å². The lowest BCUT2D eigenvalue weighted by molar-refractivity contribution is 0.457. The number of rotatable bonds is 6. The van der Waals surface area contributed by atoms with Crippen molar-refractivity contribution >= 4 is 17.3 Å². The molecule has 0 atom stereocenters. The van der Waals surface area contributed by atoms with Gasteiger partial charge in [-0.2, -0.15) is 5.10 Å². The second kappa shape index (κ2) is 7.27. The number of aryl methyl sites for hydroxylation is 1. The van der Waals surface area contributed by atoms with Crippen LogP contribution in [0.3, 0.4) is 0 Å². The number of nitrogens with zero attached hydrogens (tertiary/aromatic N) is 3. The summed E-state index contributed by atoms with van der Waals surface area (Å²) in [4.78, 5) is 2.05. The van der Waals surface area contributed by atoms with Gasteiger partial charge in [0, 0.05) is 26.3 Å². The van der Waals surface area contributed by atoms with E-state index in [9.17, 15) is 0 Å². The first-order valence-corrected chi connectivity index (χ1v) is 6.59. The third-order valence-corrected chi connectivity index (χ3v) is 3.11. The molecule has 0 aromatic carbocycles. The van der Waals surface area contributed by atoms with Crippen LogP contribution in [0.5, 0.6) is 0 Å². The summed E-state index contributed by atoms with van der Waals surface area (Å²) in [5, 5.41) is 8.32. The molecule has 0 aliphatic rings. The highest BCUT2D eigenvalue weighted by Crippen LogP contribution is 2.03. The minimum Gasteiger partial charge on any atom is -0.363 e. The van der Waals surface area contributed by atoms with Crippen molar-refractivity contribution in [2.45, 2.75) is 39.8 Å². The van der Waals surface area contributed by atoms with E-state index in [0.717, 1.165) is 31.2 Å². The summed E-state index contributed by atoms with van der Waals surface area (Å²) < 4.78 is 1.99. The van der Waals surface area contributed by atoms with Gasteiger partial charge >= 0.3 is 0 Å². The predicted molar refractivity (Wildman–Crippen MR) is 74.9 cm³/mol. The highest BCUT2D eigenvalue weighted by Gasteiger charge is 2.07. The van der Waals surface area contributed by atoms with Gasteiger partial charge in [0.25, 0.3) is 0 Å². The van der Waals surface area contributed by atoms with Crippen LogP contribution < -0.4 is 5.32 Å². The Bertz CT molecular complexity index is 348. The molecule has 4 nitrogen and oxygen atoms in total. The van der Waals surface area contributed by atoms with Crippen LogP contribution in [-0.4, -0.2) is 33.4 Å². The minimum atomic E-state index is 0.797. The van der Waals surface area contributed by atoms with Crippen molar-refractivity contribution in [3.05, 3.63) is 18.0 Å².